The fourth-order valence-electron chi connectivity index (χ4n) is 2.84. The highest BCUT2D eigenvalue weighted by atomic mass is 32.2. The molecule has 1 aromatic heterocycles. The number of carbonyl (C=O) groups excluding carboxylic acids is 1. The van der Waals surface area contributed by atoms with Gasteiger partial charge in [-0.15, -0.1) is 0 Å². The highest BCUT2D eigenvalue weighted by Gasteiger charge is 2.38. The fraction of sp³-hybridized carbons (Fsp3) is 0.300. The van der Waals surface area contributed by atoms with Gasteiger partial charge < -0.3 is 16.6 Å². The minimum Gasteiger partial charge on any atom is -0.475 e. The van der Waals surface area contributed by atoms with E-state index in [2.05, 4.69) is 5.48 Å². The Hall–Kier alpha value is -4.33. The van der Waals surface area contributed by atoms with Crippen molar-refractivity contribution in [2.75, 3.05) is 11.3 Å². The number of carboxylic acids is 1. The smallest absolute Gasteiger partial charge is 0.475 e. The lowest BCUT2D eigenvalue weighted by atomic mass is 10.1. The summed E-state index contributed by atoms with van der Waals surface area (Å²) in [6.45, 7) is 1.31. The molecule has 0 saturated heterocycles. The molecule has 2 aromatic rings. The van der Waals surface area contributed by atoms with Crippen LogP contribution < -0.4 is 27.2 Å². The Bertz CT molecular complexity index is 1390. The molecule has 1 heterocycles. The molecule has 0 radical (unpaired) electrons. The molecule has 0 aliphatic carbocycles. The van der Waals surface area contributed by atoms with Gasteiger partial charge in [-0.3, -0.25) is 29.1 Å². The molecule has 0 aliphatic rings. The standard InChI is InChI=1S/C18H21F3N6O5S.C2HF3O2/c1-10-2-7-13(16(29)27(10)14(15(22)28)8-9-32-25-17(23)24)26-33(30,31)12-5-3-11(4-6-12)18(19,20)21;3-2(4,5)1(6)7/h2-7,14,26H,8-9H2,1H3,(H2,22,28)(H4,23,24,25);(H,6,7). The maximum absolute atomic E-state index is 12.9. The van der Waals surface area contributed by atoms with Crippen molar-refractivity contribution in [3.63, 3.8) is 0 Å². The van der Waals surface area contributed by atoms with Crippen LogP contribution in [0.2, 0.25) is 0 Å². The van der Waals surface area contributed by atoms with Crippen molar-refractivity contribution in [1.82, 2.24) is 10.0 Å². The number of amides is 1. The largest absolute Gasteiger partial charge is 0.490 e. The maximum atomic E-state index is 12.9. The van der Waals surface area contributed by atoms with Crippen molar-refractivity contribution in [2.45, 2.75) is 36.6 Å². The van der Waals surface area contributed by atoms with Gasteiger partial charge in [0.1, 0.15) is 11.7 Å². The molecule has 20 heteroatoms. The first-order valence-corrected chi connectivity index (χ1v) is 11.9. The van der Waals surface area contributed by atoms with Gasteiger partial charge in [0.25, 0.3) is 15.6 Å². The van der Waals surface area contributed by atoms with Crippen LogP contribution in [-0.2, 0) is 30.6 Å². The molecule has 0 aliphatic heterocycles. The van der Waals surface area contributed by atoms with Gasteiger partial charge in [0.2, 0.25) is 11.9 Å². The summed E-state index contributed by atoms with van der Waals surface area (Å²) in [5.41, 5.74) is 10.4. The van der Waals surface area contributed by atoms with Crippen molar-refractivity contribution < 1.29 is 54.3 Å². The molecule has 0 fully saturated rings. The van der Waals surface area contributed by atoms with Crippen LogP contribution in [0.25, 0.3) is 0 Å². The summed E-state index contributed by atoms with van der Waals surface area (Å²) in [5.74, 6) is -4.15. The molecule has 13 nitrogen and oxygen atoms in total. The third kappa shape index (κ3) is 9.76. The zero-order valence-corrected chi connectivity index (χ0v) is 20.9. The van der Waals surface area contributed by atoms with Crippen LogP contribution in [-0.4, -0.2) is 48.7 Å². The minimum absolute atomic E-state index is 0.120. The highest BCUT2D eigenvalue weighted by molar-refractivity contribution is 7.92. The van der Waals surface area contributed by atoms with E-state index in [1.54, 1.807) is 0 Å². The number of aliphatic carboxylic acids is 1. The van der Waals surface area contributed by atoms with Gasteiger partial charge in [-0.2, -0.15) is 26.3 Å². The first-order chi connectivity index (χ1) is 18.2. The number of guanidine groups is 1. The molecule has 0 spiro atoms. The number of benzene rings is 1. The molecule has 222 valence electrons. The molecular weight excluding hydrogens is 582 g/mol. The van der Waals surface area contributed by atoms with Crippen molar-refractivity contribution >= 4 is 33.5 Å². The number of halogens is 6. The van der Waals surface area contributed by atoms with Gasteiger partial charge in [-0.25, -0.2) is 18.7 Å². The molecule has 0 saturated carbocycles. The molecule has 2 rings (SSSR count). The van der Waals surface area contributed by atoms with Crippen LogP contribution in [0.15, 0.2) is 46.1 Å². The van der Waals surface area contributed by atoms with Crippen molar-refractivity contribution in [2.24, 2.45) is 11.5 Å². The van der Waals surface area contributed by atoms with Crippen LogP contribution in [0.5, 0.6) is 0 Å². The summed E-state index contributed by atoms with van der Waals surface area (Å²) < 4.78 is 98.1. The van der Waals surface area contributed by atoms with Gasteiger partial charge >= 0.3 is 18.3 Å². The lowest BCUT2D eigenvalue weighted by Crippen LogP contribution is -2.38. The zero-order chi connectivity index (χ0) is 31.1. The van der Waals surface area contributed by atoms with Gasteiger partial charge in [-0.1, -0.05) is 0 Å². The van der Waals surface area contributed by atoms with Gasteiger partial charge in [0.15, 0.2) is 0 Å². The summed E-state index contributed by atoms with van der Waals surface area (Å²) in [4.78, 5) is 38.2. The number of sulfonamides is 1. The first-order valence-electron chi connectivity index (χ1n) is 10.4. The molecule has 1 atom stereocenters. The predicted molar refractivity (Wildman–Crippen MR) is 125 cm³/mol. The van der Waals surface area contributed by atoms with E-state index in [1.165, 1.54) is 13.0 Å². The first kappa shape index (κ1) is 33.7. The van der Waals surface area contributed by atoms with Crippen LogP contribution >= 0.6 is 0 Å². The molecule has 1 amide bonds. The lowest BCUT2D eigenvalue weighted by molar-refractivity contribution is -0.192. The quantitative estimate of drug-likeness (QED) is 0.0801. The third-order valence-corrected chi connectivity index (χ3v) is 6.00. The number of nitrogens with zero attached hydrogens (tertiary/aromatic N) is 1. The second-order valence-electron chi connectivity index (χ2n) is 7.57. The van der Waals surface area contributed by atoms with Crippen molar-refractivity contribution in [3.8, 4) is 0 Å². The number of hydrogen-bond donors (Lipinski definition) is 6. The number of hydroxylamine groups is 1. The summed E-state index contributed by atoms with van der Waals surface area (Å²) in [6, 6.07) is 3.98. The third-order valence-electron chi connectivity index (χ3n) is 4.61. The number of alkyl halides is 6. The predicted octanol–water partition coefficient (Wildman–Crippen LogP) is 1.44. The molecule has 1 aromatic carbocycles. The van der Waals surface area contributed by atoms with E-state index in [0.717, 1.165) is 22.8 Å². The minimum atomic E-state index is -5.08. The van der Waals surface area contributed by atoms with E-state index in [-0.39, 0.29) is 18.7 Å². The Morgan fingerprint density at radius 2 is 1.60 bits per heavy atom. The number of aromatic nitrogens is 1. The van der Waals surface area contributed by atoms with Gasteiger partial charge in [-0.05, 0) is 43.3 Å². The Kier molecular flexibility index (Phi) is 11.1. The highest BCUT2D eigenvalue weighted by Crippen LogP contribution is 2.30. The normalized spacial score (nSPS) is 12.5. The van der Waals surface area contributed by atoms with Crippen LogP contribution in [0.1, 0.15) is 23.7 Å². The van der Waals surface area contributed by atoms with E-state index in [0.29, 0.717) is 12.1 Å². The van der Waals surface area contributed by atoms with E-state index in [9.17, 15) is 44.3 Å². The van der Waals surface area contributed by atoms with E-state index >= 15 is 0 Å². The number of rotatable bonds is 9. The number of hydrogen-bond acceptors (Lipinski definition) is 7. The average Bonchev–Trinajstić information content (AvgIpc) is 2.81. The second-order valence-corrected chi connectivity index (χ2v) is 9.25. The van der Waals surface area contributed by atoms with Crippen molar-refractivity contribution in [1.29, 1.82) is 5.41 Å². The molecule has 0 bridgehead atoms. The fourth-order valence-corrected chi connectivity index (χ4v) is 3.89. The summed E-state index contributed by atoms with van der Waals surface area (Å²) in [5, 5.41) is 14.1. The Morgan fingerprint density at radius 3 is 2.02 bits per heavy atom. The number of pyridine rings is 1. The number of aryl methyl sites for hydroxylation is 1. The zero-order valence-electron chi connectivity index (χ0n) is 20.1. The van der Waals surface area contributed by atoms with E-state index in [4.69, 9.17) is 31.6 Å². The van der Waals surface area contributed by atoms with Crippen LogP contribution in [0.4, 0.5) is 32.0 Å². The van der Waals surface area contributed by atoms with Crippen molar-refractivity contribution in [3.05, 3.63) is 58.0 Å². The summed E-state index contributed by atoms with van der Waals surface area (Å²) in [6.07, 6.45) is -9.85. The Balaban J connectivity index is 0.00000101. The number of primary amides is 1. The molecule has 1 unspecified atom stereocenters. The number of nitrogens with one attached hydrogen (secondary N) is 3. The summed E-state index contributed by atoms with van der Waals surface area (Å²) in [7, 11) is -4.42. The average molecular weight is 604 g/mol. The topological polar surface area (TPSA) is 220 Å². The Labute approximate surface area is 221 Å². The summed E-state index contributed by atoms with van der Waals surface area (Å²) >= 11 is 0. The number of carboxylic acid groups (broad SMARTS) is 1. The number of anilines is 1. The van der Waals surface area contributed by atoms with E-state index < -0.39 is 68.0 Å². The van der Waals surface area contributed by atoms with E-state index in [1.807, 2.05) is 4.72 Å². The van der Waals surface area contributed by atoms with Gasteiger partial charge in [0, 0.05) is 12.1 Å². The number of carbonyl (C=O) groups is 2. The van der Waals surface area contributed by atoms with Crippen LogP contribution in [0, 0.1) is 12.3 Å². The van der Waals surface area contributed by atoms with Gasteiger partial charge in [0.05, 0.1) is 17.1 Å². The molecular formula is C20H22F6N6O7S. The molecule has 8 N–H and O–H groups in total. The molecule has 40 heavy (non-hydrogen) atoms. The maximum Gasteiger partial charge on any atom is 0.490 e. The Morgan fingerprint density at radius 1 is 1.07 bits per heavy atom. The van der Waals surface area contributed by atoms with Crippen LogP contribution in [0.3, 0.4) is 0 Å². The SMILES string of the molecule is Cc1ccc(NS(=O)(=O)c2ccc(C(F)(F)F)cc2)c(=O)n1C(CCONC(=N)N)C(N)=O.O=C(O)C(F)(F)F. The lowest BCUT2D eigenvalue weighted by Gasteiger charge is -2.20. The number of nitrogens with two attached hydrogens (primary N) is 2. The second kappa shape index (κ2) is 13.2. The monoisotopic (exact) mass is 604 g/mol.